The van der Waals surface area contributed by atoms with Crippen molar-refractivity contribution in [2.45, 2.75) is 32.3 Å². The van der Waals surface area contributed by atoms with Crippen LogP contribution in [-0.2, 0) is 28.0 Å². The van der Waals surface area contributed by atoms with Crippen molar-refractivity contribution in [2.24, 2.45) is 0 Å². The molecule has 1 aromatic heterocycles. The van der Waals surface area contributed by atoms with Gasteiger partial charge in [-0.15, -0.1) is 0 Å². The standard InChI is InChI=1S/C27H27FN4O3/c1-27(2,34)21-9-5-19(6-10-21)16-22(33)15-18-3-7-20(8-4-18)25-30-23(17-29)24(28)26(31-25)32-11-13-35-14-12-32/h3-10,34H,11-16H2,1-2H3. The van der Waals surface area contributed by atoms with Crippen molar-refractivity contribution in [3.8, 4) is 17.5 Å². The quantitative estimate of drug-likeness (QED) is 0.559. The zero-order chi connectivity index (χ0) is 25.0. The summed E-state index contributed by atoms with van der Waals surface area (Å²) in [5.74, 6) is -0.303. The van der Waals surface area contributed by atoms with Gasteiger partial charge in [-0.05, 0) is 30.5 Å². The van der Waals surface area contributed by atoms with Gasteiger partial charge in [-0.2, -0.15) is 9.65 Å². The molecule has 1 N–H and O–H groups in total. The molecule has 0 bridgehead atoms. The van der Waals surface area contributed by atoms with Crippen molar-refractivity contribution >= 4 is 11.6 Å². The van der Waals surface area contributed by atoms with Crippen molar-refractivity contribution in [2.75, 3.05) is 31.2 Å². The maximum atomic E-state index is 14.7. The highest BCUT2D eigenvalue weighted by Crippen LogP contribution is 2.25. The molecule has 0 unspecified atom stereocenters. The number of hydrogen-bond acceptors (Lipinski definition) is 7. The zero-order valence-corrected chi connectivity index (χ0v) is 19.8. The van der Waals surface area contributed by atoms with Gasteiger partial charge in [0, 0.05) is 31.5 Å². The Balaban J connectivity index is 1.47. The number of aromatic nitrogens is 2. The van der Waals surface area contributed by atoms with Crippen LogP contribution in [0.25, 0.3) is 11.4 Å². The van der Waals surface area contributed by atoms with Crippen molar-refractivity contribution in [3.63, 3.8) is 0 Å². The van der Waals surface area contributed by atoms with E-state index in [2.05, 4.69) is 9.97 Å². The molecule has 35 heavy (non-hydrogen) atoms. The Kier molecular flexibility index (Phi) is 7.20. The molecule has 2 aromatic carbocycles. The molecule has 4 rings (SSSR count). The Hall–Kier alpha value is -3.67. The lowest BCUT2D eigenvalue weighted by Crippen LogP contribution is -2.37. The fraction of sp³-hybridized carbons (Fsp3) is 0.333. The third-order valence-electron chi connectivity index (χ3n) is 5.93. The average Bonchev–Trinajstić information content (AvgIpc) is 2.85. The molecule has 1 saturated heterocycles. The number of ketones is 1. The number of Topliss-reactive ketones (excluding diaryl/α,β-unsaturated/α-hetero) is 1. The highest BCUT2D eigenvalue weighted by Gasteiger charge is 2.22. The predicted octanol–water partition coefficient (Wildman–Crippen LogP) is 3.57. The Bertz CT molecular complexity index is 1240. The first-order valence-corrected chi connectivity index (χ1v) is 11.5. The fourth-order valence-corrected chi connectivity index (χ4v) is 3.94. The highest BCUT2D eigenvalue weighted by molar-refractivity contribution is 5.83. The summed E-state index contributed by atoms with van der Waals surface area (Å²) in [6.45, 7) is 5.34. The second-order valence-electron chi connectivity index (χ2n) is 9.09. The van der Waals surface area contributed by atoms with Crippen molar-refractivity contribution in [1.29, 1.82) is 5.26 Å². The summed E-state index contributed by atoms with van der Waals surface area (Å²) in [5, 5.41) is 19.4. The van der Waals surface area contributed by atoms with E-state index in [1.54, 1.807) is 30.9 Å². The summed E-state index contributed by atoms with van der Waals surface area (Å²) in [6, 6.07) is 16.4. The fourth-order valence-electron chi connectivity index (χ4n) is 3.94. The first-order valence-electron chi connectivity index (χ1n) is 11.5. The topological polar surface area (TPSA) is 99.3 Å². The molecule has 1 aliphatic heterocycles. The van der Waals surface area contributed by atoms with Gasteiger partial charge in [-0.25, -0.2) is 9.97 Å². The van der Waals surface area contributed by atoms with E-state index in [1.807, 2.05) is 42.5 Å². The molecule has 1 aliphatic rings. The van der Waals surface area contributed by atoms with E-state index < -0.39 is 11.4 Å². The minimum Gasteiger partial charge on any atom is -0.386 e. The maximum absolute atomic E-state index is 14.7. The molecule has 1 fully saturated rings. The van der Waals surface area contributed by atoms with Crippen LogP contribution in [0.5, 0.6) is 0 Å². The van der Waals surface area contributed by atoms with E-state index >= 15 is 0 Å². The maximum Gasteiger partial charge on any atom is 0.202 e. The lowest BCUT2D eigenvalue weighted by molar-refractivity contribution is -0.117. The highest BCUT2D eigenvalue weighted by atomic mass is 19.1. The van der Waals surface area contributed by atoms with Gasteiger partial charge in [0.15, 0.2) is 17.3 Å². The van der Waals surface area contributed by atoms with Crippen LogP contribution in [0, 0.1) is 17.1 Å². The number of hydrogen-bond donors (Lipinski definition) is 1. The van der Waals surface area contributed by atoms with E-state index in [4.69, 9.17) is 4.74 Å². The summed E-state index contributed by atoms with van der Waals surface area (Å²) >= 11 is 0. The third-order valence-corrected chi connectivity index (χ3v) is 5.93. The molecule has 2 heterocycles. The lowest BCUT2D eigenvalue weighted by atomic mass is 9.95. The summed E-state index contributed by atoms with van der Waals surface area (Å²) in [5.41, 5.74) is 1.93. The minimum absolute atomic E-state index is 0.0631. The van der Waals surface area contributed by atoms with E-state index in [0.717, 1.165) is 16.7 Å². The first-order chi connectivity index (χ1) is 16.7. The number of ether oxygens (including phenoxy) is 1. The van der Waals surface area contributed by atoms with Gasteiger partial charge in [-0.1, -0.05) is 48.5 Å². The molecule has 7 nitrogen and oxygen atoms in total. The number of carbonyl (C=O) groups is 1. The number of rotatable bonds is 7. The summed E-state index contributed by atoms with van der Waals surface area (Å²) in [7, 11) is 0. The Labute approximate surface area is 203 Å². The zero-order valence-electron chi connectivity index (χ0n) is 19.8. The average molecular weight is 475 g/mol. The van der Waals surface area contributed by atoms with Crippen LogP contribution in [0.4, 0.5) is 10.2 Å². The minimum atomic E-state index is -0.921. The molecule has 0 amide bonds. The summed E-state index contributed by atoms with van der Waals surface area (Å²) in [6.07, 6.45) is 0.559. The molecule has 0 aliphatic carbocycles. The van der Waals surface area contributed by atoms with Gasteiger partial charge in [0.2, 0.25) is 5.82 Å². The molecule has 0 atom stereocenters. The molecule has 0 saturated carbocycles. The van der Waals surface area contributed by atoms with Crippen LogP contribution in [0.1, 0.15) is 36.2 Å². The normalized spacial score (nSPS) is 14.0. The number of nitrogens with zero attached hydrogens (tertiary/aromatic N) is 4. The van der Waals surface area contributed by atoms with Crippen LogP contribution in [0.3, 0.4) is 0 Å². The van der Waals surface area contributed by atoms with Gasteiger partial charge >= 0.3 is 0 Å². The number of morpholine rings is 1. The number of benzene rings is 2. The number of carbonyl (C=O) groups excluding carboxylic acids is 1. The monoisotopic (exact) mass is 474 g/mol. The van der Waals surface area contributed by atoms with Crippen molar-refractivity contribution < 1.29 is 19.0 Å². The Morgan fingerprint density at radius 2 is 1.63 bits per heavy atom. The van der Waals surface area contributed by atoms with Gasteiger partial charge in [0.1, 0.15) is 11.9 Å². The summed E-state index contributed by atoms with van der Waals surface area (Å²) < 4.78 is 20.1. The van der Waals surface area contributed by atoms with Crippen LogP contribution < -0.4 is 4.90 Å². The molecular weight excluding hydrogens is 447 g/mol. The van der Waals surface area contributed by atoms with Gasteiger partial charge in [0.25, 0.3) is 0 Å². The number of aliphatic hydroxyl groups is 1. The molecule has 0 radical (unpaired) electrons. The van der Waals surface area contributed by atoms with Gasteiger partial charge < -0.3 is 14.7 Å². The van der Waals surface area contributed by atoms with Crippen LogP contribution in [0.2, 0.25) is 0 Å². The SMILES string of the molecule is CC(C)(O)c1ccc(CC(=O)Cc2ccc(-c3nc(C#N)c(F)c(N4CCOCC4)n3)cc2)cc1. The van der Waals surface area contributed by atoms with Gasteiger partial charge in [-0.3, -0.25) is 4.79 Å². The van der Waals surface area contributed by atoms with Crippen molar-refractivity contribution in [1.82, 2.24) is 9.97 Å². The molecule has 8 heteroatoms. The predicted molar refractivity (Wildman–Crippen MR) is 129 cm³/mol. The van der Waals surface area contributed by atoms with E-state index in [9.17, 15) is 19.6 Å². The third kappa shape index (κ3) is 5.88. The van der Waals surface area contributed by atoms with Crippen molar-refractivity contribution in [3.05, 3.63) is 76.7 Å². The number of halogens is 1. The Morgan fingerprint density at radius 3 is 2.17 bits per heavy atom. The van der Waals surface area contributed by atoms with E-state index in [-0.39, 0.29) is 29.5 Å². The molecular formula is C27H27FN4O3. The van der Waals surface area contributed by atoms with Gasteiger partial charge in [0.05, 0.1) is 18.8 Å². The van der Waals surface area contributed by atoms with Crippen LogP contribution in [-0.4, -0.2) is 47.2 Å². The summed E-state index contributed by atoms with van der Waals surface area (Å²) in [4.78, 5) is 22.8. The second kappa shape index (κ2) is 10.3. The second-order valence-corrected chi connectivity index (χ2v) is 9.09. The van der Waals surface area contributed by atoms with Crippen LogP contribution >= 0.6 is 0 Å². The molecule has 3 aromatic rings. The smallest absolute Gasteiger partial charge is 0.202 e. The van der Waals surface area contributed by atoms with E-state index in [1.165, 1.54) is 0 Å². The number of anilines is 1. The molecule has 0 spiro atoms. The lowest BCUT2D eigenvalue weighted by Gasteiger charge is -2.28. The number of nitriles is 1. The first kappa shape index (κ1) is 24.5. The van der Waals surface area contributed by atoms with Crippen LogP contribution in [0.15, 0.2) is 48.5 Å². The largest absolute Gasteiger partial charge is 0.386 e. The van der Waals surface area contributed by atoms with E-state index in [0.29, 0.717) is 38.3 Å². The molecule has 180 valence electrons. The Morgan fingerprint density at radius 1 is 1.06 bits per heavy atom.